The van der Waals surface area contributed by atoms with Crippen molar-refractivity contribution in [1.82, 2.24) is 0 Å². The van der Waals surface area contributed by atoms with E-state index in [1.54, 1.807) is 0 Å². The Kier molecular flexibility index (Phi) is 1.95. The first-order valence-corrected chi connectivity index (χ1v) is 5.98. The molecule has 0 aliphatic heterocycles. The van der Waals surface area contributed by atoms with Crippen LogP contribution in [0.3, 0.4) is 0 Å². The van der Waals surface area contributed by atoms with Gasteiger partial charge in [0.1, 0.15) is 6.04 Å². The van der Waals surface area contributed by atoms with Crippen LogP contribution in [0.5, 0.6) is 0 Å². The summed E-state index contributed by atoms with van der Waals surface area (Å²) in [6.45, 7) is 3.06. The Bertz CT molecular complexity index is 296. The Labute approximate surface area is 89.7 Å². The van der Waals surface area contributed by atoms with E-state index in [-0.39, 0.29) is 12.1 Å². The fourth-order valence-corrected chi connectivity index (χ4v) is 4.76. The molecule has 0 spiro atoms. The molecule has 0 amide bonds. The fraction of sp³-hybridized carbons (Fsp3) is 1.00. The van der Waals surface area contributed by atoms with Crippen molar-refractivity contribution < 1.29 is 0 Å². The number of nitrogens with zero attached hydrogens (tertiary/aromatic N) is 1. The second-order valence-corrected chi connectivity index (χ2v) is 5.69. The van der Waals surface area contributed by atoms with E-state index in [2.05, 4.69) is 12.1 Å². The predicted octanol–water partition coefficient (Wildman–Crippen LogP) is 0.555. The molecule has 8 atom stereocenters. The summed E-state index contributed by atoms with van der Waals surface area (Å²) in [5.41, 5.74) is 11.8. The summed E-state index contributed by atoms with van der Waals surface area (Å²) >= 11 is 0. The molecule has 3 aliphatic carbocycles. The van der Waals surface area contributed by atoms with Gasteiger partial charge in [-0.1, -0.05) is 12.1 Å². The Hall–Kier alpha value is -0.480. The topological polar surface area (TPSA) is 81.5 Å². The summed E-state index contributed by atoms with van der Waals surface area (Å²) in [7, 11) is 0. The maximum atomic E-state index is 10.7. The van der Waals surface area contributed by atoms with Crippen molar-refractivity contribution in [2.75, 3.05) is 6.54 Å². The van der Waals surface area contributed by atoms with Gasteiger partial charge >= 0.3 is 0 Å². The largest absolute Gasteiger partial charge is 0.330 e. The van der Waals surface area contributed by atoms with E-state index in [1.165, 1.54) is 6.42 Å². The molecule has 0 aromatic heterocycles. The molecule has 4 nitrogen and oxygen atoms in total. The van der Waals surface area contributed by atoms with Crippen LogP contribution in [0.15, 0.2) is 5.18 Å². The van der Waals surface area contributed by atoms with Crippen molar-refractivity contribution in [3.8, 4) is 0 Å². The van der Waals surface area contributed by atoms with Gasteiger partial charge in [-0.15, -0.1) is 0 Å². The number of nitrogens with two attached hydrogens (primary N) is 2. The standard InChI is InChI=1S/C11H19N3O/c1-4-2-5(3-12)7-6(4)8-9(7)11(14-15)10(8)13/h4-11H,2-3,12-13H2,1H3. The summed E-state index contributed by atoms with van der Waals surface area (Å²) in [6, 6.07) is -0.0803. The van der Waals surface area contributed by atoms with Gasteiger partial charge in [-0.3, -0.25) is 0 Å². The summed E-state index contributed by atoms with van der Waals surface area (Å²) in [5, 5.41) is 3.20. The molecule has 3 rings (SSSR count). The maximum absolute atomic E-state index is 10.7. The highest BCUT2D eigenvalue weighted by Gasteiger charge is 2.70. The first-order chi connectivity index (χ1) is 7.20. The molecule has 15 heavy (non-hydrogen) atoms. The molecule has 0 heterocycles. The van der Waals surface area contributed by atoms with Gasteiger partial charge in [-0.25, -0.2) is 0 Å². The van der Waals surface area contributed by atoms with E-state index in [1.807, 2.05) is 0 Å². The third kappa shape index (κ3) is 0.947. The van der Waals surface area contributed by atoms with Gasteiger partial charge < -0.3 is 11.5 Å². The van der Waals surface area contributed by atoms with Crippen LogP contribution in [-0.4, -0.2) is 18.6 Å². The first kappa shape index (κ1) is 9.73. The molecule has 0 saturated heterocycles. The summed E-state index contributed by atoms with van der Waals surface area (Å²) in [6.07, 6.45) is 1.22. The monoisotopic (exact) mass is 209 g/mol. The average Bonchev–Trinajstić information content (AvgIpc) is 2.46. The van der Waals surface area contributed by atoms with Gasteiger partial charge in [-0.2, -0.15) is 4.91 Å². The Morgan fingerprint density at radius 3 is 2.60 bits per heavy atom. The van der Waals surface area contributed by atoms with Gasteiger partial charge in [0.25, 0.3) is 0 Å². The second-order valence-electron chi connectivity index (χ2n) is 5.69. The van der Waals surface area contributed by atoms with Crippen LogP contribution in [0, 0.1) is 40.4 Å². The molecule has 0 bridgehead atoms. The van der Waals surface area contributed by atoms with Gasteiger partial charge in [0.2, 0.25) is 0 Å². The predicted molar refractivity (Wildman–Crippen MR) is 57.8 cm³/mol. The number of hydrogen-bond donors (Lipinski definition) is 2. The number of fused-ring (bicyclic) bond motifs is 4. The van der Waals surface area contributed by atoms with Crippen LogP contribution in [0.4, 0.5) is 0 Å². The average molecular weight is 209 g/mol. The van der Waals surface area contributed by atoms with Gasteiger partial charge in [0.15, 0.2) is 0 Å². The molecular weight excluding hydrogens is 190 g/mol. The van der Waals surface area contributed by atoms with Crippen LogP contribution in [-0.2, 0) is 0 Å². The van der Waals surface area contributed by atoms with Crippen molar-refractivity contribution in [3.05, 3.63) is 4.91 Å². The lowest BCUT2D eigenvalue weighted by molar-refractivity contribution is -0.143. The summed E-state index contributed by atoms with van der Waals surface area (Å²) in [5.74, 6) is 3.78. The Morgan fingerprint density at radius 2 is 2.00 bits per heavy atom. The number of rotatable bonds is 2. The molecular formula is C11H19N3O. The highest BCUT2D eigenvalue weighted by Crippen LogP contribution is 2.67. The minimum absolute atomic E-state index is 0.0349. The van der Waals surface area contributed by atoms with Crippen LogP contribution in [0.2, 0.25) is 0 Å². The van der Waals surface area contributed by atoms with E-state index < -0.39 is 0 Å². The Balaban J connectivity index is 1.82. The third-order valence-corrected chi connectivity index (χ3v) is 5.31. The lowest BCUT2D eigenvalue weighted by atomic mass is 9.41. The van der Waals surface area contributed by atoms with Gasteiger partial charge in [-0.05, 0) is 48.5 Å². The minimum Gasteiger partial charge on any atom is -0.330 e. The minimum atomic E-state index is -0.115. The molecule has 0 aromatic rings. The van der Waals surface area contributed by atoms with Crippen molar-refractivity contribution in [2.24, 2.45) is 52.2 Å². The van der Waals surface area contributed by atoms with E-state index >= 15 is 0 Å². The van der Waals surface area contributed by atoms with Crippen molar-refractivity contribution >= 4 is 0 Å². The van der Waals surface area contributed by atoms with E-state index in [0.717, 1.165) is 18.4 Å². The lowest BCUT2D eigenvalue weighted by Crippen LogP contribution is -2.73. The van der Waals surface area contributed by atoms with Crippen molar-refractivity contribution in [3.63, 3.8) is 0 Å². The maximum Gasteiger partial charge on any atom is 0.111 e. The highest BCUT2D eigenvalue weighted by molar-refractivity contribution is 5.21. The third-order valence-electron chi connectivity index (χ3n) is 5.31. The van der Waals surface area contributed by atoms with Crippen LogP contribution in [0.1, 0.15) is 13.3 Å². The lowest BCUT2D eigenvalue weighted by Gasteiger charge is -2.64. The SMILES string of the molecule is CC1CC(CN)C2C1C1C(N)C(N=O)C21. The van der Waals surface area contributed by atoms with E-state index in [4.69, 9.17) is 11.5 Å². The second kappa shape index (κ2) is 3.01. The zero-order valence-electron chi connectivity index (χ0n) is 9.04. The van der Waals surface area contributed by atoms with E-state index in [9.17, 15) is 4.91 Å². The van der Waals surface area contributed by atoms with Gasteiger partial charge in [0, 0.05) is 6.04 Å². The molecule has 4 heteroatoms. The molecule has 3 aliphatic rings. The molecule has 4 N–H and O–H groups in total. The van der Waals surface area contributed by atoms with Crippen molar-refractivity contribution in [2.45, 2.75) is 25.4 Å². The Morgan fingerprint density at radius 1 is 1.27 bits per heavy atom. The first-order valence-electron chi connectivity index (χ1n) is 5.98. The zero-order valence-corrected chi connectivity index (χ0v) is 9.04. The normalized spacial score (nSPS) is 61.3. The molecule has 8 unspecified atom stereocenters. The molecule has 84 valence electrons. The fourth-order valence-electron chi connectivity index (χ4n) is 4.76. The summed E-state index contributed by atoms with van der Waals surface area (Å²) < 4.78 is 0. The van der Waals surface area contributed by atoms with Crippen LogP contribution >= 0.6 is 0 Å². The number of nitroso groups, excluding NO2 is 1. The summed E-state index contributed by atoms with van der Waals surface area (Å²) in [4.78, 5) is 10.7. The smallest absolute Gasteiger partial charge is 0.111 e. The van der Waals surface area contributed by atoms with Gasteiger partial charge in [0.05, 0.1) is 0 Å². The van der Waals surface area contributed by atoms with E-state index in [0.29, 0.717) is 23.7 Å². The molecule has 3 saturated carbocycles. The quantitative estimate of drug-likeness (QED) is 0.652. The van der Waals surface area contributed by atoms with Crippen LogP contribution < -0.4 is 11.5 Å². The number of hydrogen-bond acceptors (Lipinski definition) is 4. The highest BCUT2D eigenvalue weighted by atomic mass is 16.3. The van der Waals surface area contributed by atoms with Crippen LogP contribution in [0.25, 0.3) is 0 Å². The zero-order chi connectivity index (χ0) is 10.7. The molecule has 0 radical (unpaired) electrons. The van der Waals surface area contributed by atoms with Crippen molar-refractivity contribution in [1.29, 1.82) is 0 Å². The molecule has 0 aromatic carbocycles. The molecule has 3 fully saturated rings.